The van der Waals surface area contributed by atoms with E-state index in [1.807, 2.05) is 12.1 Å². The third-order valence-corrected chi connectivity index (χ3v) is 2.86. The highest BCUT2D eigenvalue weighted by atomic mass is 16.5. The summed E-state index contributed by atoms with van der Waals surface area (Å²) in [6.45, 7) is 0.655. The summed E-state index contributed by atoms with van der Waals surface area (Å²) in [5.74, 6) is 0.424. The van der Waals surface area contributed by atoms with Gasteiger partial charge in [-0.1, -0.05) is 0 Å². The molecule has 0 unspecified atom stereocenters. The van der Waals surface area contributed by atoms with Crippen molar-refractivity contribution >= 4 is 11.7 Å². The second-order valence-electron chi connectivity index (χ2n) is 4.49. The Morgan fingerprint density at radius 3 is 2.48 bits per heavy atom. The number of rotatable bonds is 7. The number of carbonyl (C=O) groups excluding carboxylic acids is 1. The molecule has 5 heteroatoms. The molecule has 1 aromatic heterocycles. The molecule has 2 aromatic rings. The largest absolute Gasteiger partial charge is 0.493 e. The molecule has 1 aromatic carbocycles. The Labute approximate surface area is 123 Å². The molecule has 5 nitrogen and oxygen atoms in total. The second-order valence-corrected chi connectivity index (χ2v) is 4.49. The molecular weight excluding hydrogens is 268 g/mol. The van der Waals surface area contributed by atoms with E-state index in [9.17, 15) is 4.79 Å². The van der Waals surface area contributed by atoms with Gasteiger partial charge < -0.3 is 15.2 Å². The number of pyridine rings is 1. The molecule has 0 aliphatic carbocycles. The van der Waals surface area contributed by atoms with E-state index < -0.39 is 0 Å². The first-order chi connectivity index (χ1) is 10.2. The number of ether oxygens (including phenoxy) is 2. The minimum absolute atomic E-state index is 0.223. The van der Waals surface area contributed by atoms with Gasteiger partial charge in [0.05, 0.1) is 19.6 Å². The third-order valence-electron chi connectivity index (χ3n) is 2.86. The summed E-state index contributed by atoms with van der Waals surface area (Å²) in [5, 5.41) is 0. The summed E-state index contributed by atoms with van der Waals surface area (Å²) in [7, 11) is 0. The number of anilines is 1. The highest BCUT2D eigenvalue weighted by Crippen LogP contribution is 2.13. The van der Waals surface area contributed by atoms with Crippen LogP contribution in [0.4, 0.5) is 5.69 Å². The summed E-state index contributed by atoms with van der Waals surface area (Å²) >= 11 is 0. The van der Waals surface area contributed by atoms with Crippen molar-refractivity contribution < 1.29 is 14.3 Å². The van der Waals surface area contributed by atoms with Gasteiger partial charge in [0.2, 0.25) is 0 Å². The Balaban J connectivity index is 1.60. The van der Waals surface area contributed by atoms with Gasteiger partial charge in [-0.3, -0.25) is 9.78 Å². The minimum atomic E-state index is -0.264. The van der Waals surface area contributed by atoms with Gasteiger partial charge in [-0.2, -0.15) is 0 Å². The molecule has 2 N–H and O–H groups in total. The summed E-state index contributed by atoms with van der Waals surface area (Å²) < 4.78 is 10.6. The highest BCUT2D eigenvalue weighted by Gasteiger charge is 2.04. The van der Waals surface area contributed by atoms with Crippen molar-refractivity contribution in [3.05, 3.63) is 54.4 Å². The molecule has 1 heterocycles. The molecule has 110 valence electrons. The zero-order chi connectivity index (χ0) is 14.9. The van der Waals surface area contributed by atoms with E-state index >= 15 is 0 Å². The number of carbonyl (C=O) groups is 1. The Bertz CT molecular complexity index is 555. The highest BCUT2D eigenvalue weighted by molar-refractivity contribution is 5.69. The van der Waals surface area contributed by atoms with Gasteiger partial charge in [0, 0.05) is 24.5 Å². The molecule has 2 rings (SSSR count). The Morgan fingerprint density at radius 1 is 1.05 bits per heavy atom. The Kier molecular flexibility index (Phi) is 5.58. The Morgan fingerprint density at radius 2 is 1.76 bits per heavy atom. The number of nitrogens with two attached hydrogens (primary N) is 1. The molecule has 0 aliphatic rings. The van der Waals surface area contributed by atoms with Crippen LogP contribution in [0.5, 0.6) is 5.75 Å². The molecule has 0 amide bonds. The topological polar surface area (TPSA) is 74.4 Å². The second kappa shape index (κ2) is 7.89. The van der Waals surface area contributed by atoms with Crippen molar-refractivity contribution in [2.75, 3.05) is 18.9 Å². The fraction of sp³-hybridized carbons (Fsp3) is 0.250. The van der Waals surface area contributed by atoms with Crippen molar-refractivity contribution in [2.45, 2.75) is 12.8 Å². The molecule has 0 spiro atoms. The van der Waals surface area contributed by atoms with E-state index in [0.29, 0.717) is 24.5 Å². The lowest BCUT2D eigenvalue weighted by Gasteiger charge is -2.07. The van der Waals surface area contributed by atoms with Crippen LogP contribution in [0.2, 0.25) is 0 Å². The van der Waals surface area contributed by atoms with Gasteiger partial charge in [-0.15, -0.1) is 0 Å². The summed E-state index contributed by atoms with van der Waals surface area (Å²) in [6.07, 6.45) is 4.35. The molecular formula is C16H18N2O3. The van der Waals surface area contributed by atoms with Crippen LogP contribution >= 0.6 is 0 Å². The van der Waals surface area contributed by atoms with E-state index in [1.54, 1.807) is 36.7 Å². The van der Waals surface area contributed by atoms with Crippen LogP contribution in [0, 0.1) is 0 Å². The van der Waals surface area contributed by atoms with E-state index in [2.05, 4.69) is 4.98 Å². The standard InChI is InChI=1S/C16H18N2O3/c17-14-1-3-15(4-2-14)20-12-8-16(19)21-11-7-13-5-9-18-10-6-13/h1-6,9-10H,7-8,11-12,17H2. The van der Waals surface area contributed by atoms with E-state index in [0.717, 1.165) is 5.56 Å². The summed E-state index contributed by atoms with van der Waals surface area (Å²) in [5.41, 5.74) is 7.34. The van der Waals surface area contributed by atoms with E-state index in [4.69, 9.17) is 15.2 Å². The van der Waals surface area contributed by atoms with Gasteiger partial charge in [0.15, 0.2) is 0 Å². The predicted molar refractivity (Wildman–Crippen MR) is 79.9 cm³/mol. The first-order valence-corrected chi connectivity index (χ1v) is 6.77. The number of hydrogen-bond acceptors (Lipinski definition) is 5. The van der Waals surface area contributed by atoms with Crippen LogP contribution < -0.4 is 10.5 Å². The number of hydrogen-bond donors (Lipinski definition) is 1. The maximum absolute atomic E-state index is 11.5. The number of nitrogens with zero attached hydrogens (tertiary/aromatic N) is 1. The summed E-state index contributed by atoms with van der Waals surface area (Å²) in [6, 6.07) is 10.8. The smallest absolute Gasteiger partial charge is 0.309 e. The lowest BCUT2D eigenvalue weighted by Crippen LogP contribution is -2.11. The molecule has 0 radical (unpaired) electrons. The molecule has 0 saturated heterocycles. The van der Waals surface area contributed by atoms with Gasteiger partial charge in [-0.25, -0.2) is 0 Å². The monoisotopic (exact) mass is 286 g/mol. The third kappa shape index (κ3) is 5.52. The first-order valence-electron chi connectivity index (χ1n) is 6.77. The fourth-order valence-corrected chi connectivity index (χ4v) is 1.72. The van der Waals surface area contributed by atoms with Crippen LogP contribution in [0.15, 0.2) is 48.8 Å². The van der Waals surface area contributed by atoms with Crippen LogP contribution in [-0.2, 0) is 16.0 Å². The zero-order valence-electron chi connectivity index (χ0n) is 11.7. The number of benzene rings is 1. The molecule has 0 saturated carbocycles. The van der Waals surface area contributed by atoms with Gasteiger partial charge in [0.1, 0.15) is 5.75 Å². The molecule has 0 fully saturated rings. The molecule has 0 bridgehead atoms. The van der Waals surface area contributed by atoms with Gasteiger partial charge in [-0.05, 0) is 42.0 Å². The summed E-state index contributed by atoms with van der Waals surface area (Å²) in [4.78, 5) is 15.5. The van der Waals surface area contributed by atoms with Crippen LogP contribution in [-0.4, -0.2) is 24.2 Å². The maximum atomic E-state index is 11.5. The average Bonchev–Trinajstić information content (AvgIpc) is 2.50. The molecule has 21 heavy (non-hydrogen) atoms. The normalized spacial score (nSPS) is 10.1. The van der Waals surface area contributed by atoms with Crippen LogP contribution in [0.3, 0.4) is 0 Å². The van der Waals surface area contributed by atoms with E-state index in [1.165, 1.54) is 0 Å². The SMILES string of the molecule is Nc1ccc(OCCC(=O)OCCc2ccncc2)cc1. The van der Waals surface area contributed by atoms with Crippen molar-refractivity contribution in [1.82, 2.24) is 4.98 Å². The van der Waals surface area contributed by atoms with Crippen LogP contribution in [0.1, 0.15) is 12.0 Å². The van der Waals surface area contributed by atoms with Crippen molar-refractivity contribution in [2.24, 2.45) is 0 Å². The lowest BCUT2D eigenvalue weighted by molar-refractivity contribution is -0.144. The number of nitrogen functional groups attached to an aromatic ring is 1. The number of aromatic nitrogens is 1. The van der Waals surface area contributed by atoms with Gasteiger partial charge >= 0.3 is 5.97 Å². The predicted octanol–water partition coefficient (Wildman–Crippen LogP) is 2.22. The van der Waals surface area contributed by atoms with E-state index in [-0.39, 0.29) is 19.0 Å². The Hall–Kier alpha value is -2.56. The first kappa shape index (κ1) is 14.8. The minimum Gasteiger partial charge on any atom is -0.493 e. The van der Waals surface area contributed by atoms with Crippen molar-refractivity contribution in [3.63, 3.8) is 0 Å². The lowest BCUT2D eigenvalue weighted by atomic mass is 10.2. The molecule has 0 aliphatic heterocycles. The number of esters is 1. The maximum Gasteiger partial charge on any atom is 0.309 e. The van der Waals surface area contributed by atoms with Gasteiger partial charge in [0.25, 0.3) is 0 Å². The van der Waals surface area contributed by atoms with Crippen molar-refractivity contribution in [1.29, 1.82) is 0 Å². The zero-order valence-corrected chi connectivity index (χ0v) is 11.7. The molecule has 0 atom stereocenters. The quantitative estimate of drug-likeness (QED) is 0.624. The van der Waals surface area contributed by atoms with Crippen LogP contribution in [0.25, 0.3) is 0 Å². The fourth-order valence-electron chi connectivity index (χ4n) is 1.72. The average molecular weight is 286 g/mol. The van der Waals surface area contributed by atoms with Crippen molar-refractivity contribution in [3.8, 4) is 5.75 Å².